The first kappa shape index (κ1) is 16.8. The van der Waals surface area contributed by atoms with Crippen molar-refractivity contribution in [3.63, 3.8) is 0 Å². The van der Waals surface area contributed by atoms with Crippen LogP contribution in [0.3, 0.4) is 0 Å². The van der Waals surface area contributed by atoms with E-state index in [1.54, 1.807) is 32.2 Å². The number of carbonyl (C=O) groups excluding carboxylic acids is 1. The van der Waals surface area contributed by atoms with Crippen LogP contribution in [0.2, 0.25) is 0 Å². The second kappa shape index (κ2) is 6.12. The molecule has 0 amide bonds. The number of Topliss-reactive ketones (excluding diaryl/α,β-unsaturated/α-hetero) is 1. The van der Waals surface area contributed by atoms with Gasteiger partial charge in [0.15, 0.2) is 17.7 Å². The zero-order chi connectivity index (χ0) is 16.8. The lowest BCUT2D eigenvalue weighted by molar-refractivity contribution is -0.276. The third-order valence-corrected chi connectivity index (χ3v) is 4.70. The maximum absolute atomic E-state index is 14.9. The Bertz CT molecular complexity index is 745. The molecule has 2 unspecified atom stereocenters. The van der Waals surface area contributed by atoms with Crippen LogP contribution in [0.5, 0.6) is 0 Å². The normalized spacial score (nSPS) is 23.9. The highest BCUT2D eigenvalue weighted by atomic mass is 127. The smallest absolute Gasteiger partial charge is 0.205 e. The minimum atomic E-state index is -1.80. The molecular weight excluding hydrogens is 416 g/mol. The predicted octanol–water partition coefficient (Wildman–Crippen LogP) is 2.80. The molecule has 0 saturated carbocycles. The van der Waals surface area contributed by atoms with E-state index in [9.17, 15) is 14.3 Å². The van der Waals surface area contributed by atoms with Gasteiger partial charge in [0.1, 0.15) is 12.7 Å². The van der Waals surface area contributed by atoms with Crippen molar-refractivity contribution in [2.75, 3.05) is 6.61 Å². The second-order valence-corrected chi connectivity index (χ2v) is 7.12. The molecule has 0 bridgehead atoms. The van der Waals surface area contributed by atoms with Gasteiger partial charge in [-0.1, -0.05) is 18.2 Å². The Morgan fingerprint density at radius 2 is 2.13 bits per heavy atom. The number of para-hydroxylation sites is 1. The number of rotatable bonds is 3. The first-order valence-corrected chi connectivity index (χ1v) is 8.30. The van der Waals surface area contributed by atoms with Crippen LogP contribution in [0.15, 0.2) is 30.5 Å². The molecule has 2 heterocycles. The van der Waals surface area contributed by atoms with Crippen LogP contribution in [0, 0.1) is 3.57 Å². The van der Waals surface area contributed by atoms with Gasteiger partial charge in [0.05, 0.1) is 5.52 Å². The van der Waals surface area contributed by atoms with E-state index in [2.05, 4.69) is 22.6 Å². The summed E-state index contributed by atoms with van der Waals surface area (Å²) in [4.78, 5) is 11.9. The van der Waals surface area contributed by atoms with Gasteiger partial charge in [-0.15, -0.1) is 0 Å². The quantitative estimate of drug-likeness (QED) is 0.757. The molecule has 1 fully saturated rings. The predicted molar refractivity (Wildman–Crippen MR) is 90.7 cm³/mol. The van der Waals surface area contributed by atoms with Crippen molar-refractivity contribution in [2.45, 2.75) is 38.1 Å². The van der Waals surface area contributed by atoms with Crippen LogP contribution in [0.1, 0.15) is 20.1 Å². The number of halogens is 2. The molecule has 0 radical (unpaired) electrons. The zero-order valence-corrected chi connectivity index (χ0v) is 14.9. The average molecular weight is 433 g/mol. The van der Waals surface area contributed by atoms with Crippen LogP contribution in [-0.2, 0) is 14.3 Å². The Morgan fingerprint density at radius 1 is 1.43 bits per heavy atom. The Morgan fingerprint density at radius 3 is 2.87 bits per heavy atom. The number of aliphatic hydroxyl groups excluding tert-OH is 1. The monoisotopic (exact) mass is 433 g/mol. The van der Waals surface area contributed by atoms with E-state index < -0.39 is 30.1 Å². The Labute approximate surface area is 146 Å². The molecule has 2 aromatic rings. The number of aliphatic hydroxyl groups is 1. The highest BCUT2D eigenvalue weighted by molar-refractivity contribution is 14.1. The van der Waals surface area contributed by atoms with E-state index in [0.29, 0.717) is 5.52 Å². The maximum Gasteiger partial charge on any atom is 0.205 e. The van der Waals surface area contributed by atoms with Crippen LogP contribution in [0.25, 0.3) is 10.9 Å². The molecule has 3 rings (SSSR count). The van der Waals surface area contributed by atoms with Crippen molar-refractivity contribution in [3.8, 4) is 0 Å². The maximum atomic E-state index is 14.9. The minimum absolute atomic E-state index is 0.203. The fourth-order valence-electron chi connectivity index (χ4n) is 2.67. The van der Waals surface area contributed by atoms with Crippen LogP contribution < -0.4 is 0 Å². The van der Waals surface area contributed by atoms with Gasteiger partial charge in [0.25, 0.3) is 0 Å². The van der Waals surface area contributed by atoms with E-state index in [0.717, 1.165) is 8.96 Å². The summed E-state index contributed by atoms with van der Waals surface area (Å²) in [5.74, 6) is -1.50. The van der Waals surface area contributed by atoms with Crippen LogP contribution >= 0.6 is 22.6 Å². The third kappa shape index (κ3) is 3.15. The molecule has 1 aliphatic rings. The van der Waals surface area contributed by atoms with Gasteiger partial charge in [0, 0.05) is 15.2 Å². The van der Waals surface area contributed by atoms with Crippen LogP contribution in [0.4, 0.5) is 4.39 Å². The third-order valence-electron chi connectivity index (χ3n) is 3.84. The summed E-state index contributed by atoms with van der Waals surface area (Å²) in [5.41, 5.74) is 0.655. The molecule has 3 atom stereocenters. The average Bonchev–Trinajstić information content (AvgIpc) is 2.86. The van der Waals surface area contributed by atoms with Gasteiger partial charge >= 0.3 is 0 Å². The van der Waals surface area contributed by atoms with Crippen LogP contribution in [-0.4, -0.2) is 40.1 Å². The standard InChI is InChI=1S/C16H17FINO4/c1-16(2)22-8-12(20)14(23-16)13(21)15(17)19-7-10(18)9-5-3-4-6-11(9)19/h3-7,13-15,21H,8H2,1-2H3/t13-,14?,15?/m1/s1. The zero-order valence-electron chi connectivity index (χ0n) is 12.7. The lowest BCUT2D eigenvalue weighted by Crippen LogP contribution is -2.52. The largest absolute Gasteiger partial charge is 0.385 e. The molecule has 1 N–H and O–H groups in total. The molecule has 1 aromatic carbocycles. The molecule has 1 aromatic heterocycles. The Kier molecular flexibility index (Phi) is 4.47. The minimum Gasteiger partial charge on any atom is -0.385 e. The molecule has 124 valence electrons. The number of alkyl halides is 1. The van der Waals surface area contributed by atoms with Crippen molar-refractivity contribution in [3.05, 3.63) is 34.0 Å². The molecule has 1 saturated heterocycles. The van der Waals surface area contributed by atoms with Crippen molar-refractivity contribution in [1.29, 1.82) is 0 Å². The van der Waals surface area contributed by atoms with E-state index in [-0.39, 0.29) is 6.61 Å². The molecule has 1 aliphatic heterocycles. The first-order valence-electron chi connectivity index (χ1n) is 7.22. The Balaban J connectivity index is 1.92. The molecule has 7 heteroatoms. The molecule has 5 nitrogen and oxygen atoms in total. The summed E-state index contributed by atoms with van der Waals surface area (Å²) in [5, 5.41) is 11.3. The van der Waals surface area contributed by atoms with E-state index in [1.165, 1.54) is 4.57 Å². The molecule has 0 spiro atoms. The summed E-state index contributed by atoms with van der Waals surface area (Å²) in [6, 6.07) is 7.32. The summed E-state index contributed by atoms with van der Waals surface area (Å²) in [6.45, 7) is 3.05. The van der Waals surface area contributed by atoms with Crippen molar-refractivity contribution >= 4 is 39.3 Å². The SMILES string of the molecule is CC1(C)OCC(=O)C([C@@H](O)C(F)n2cc(I)c3ccccc32)O1. The van der Waals surface area contributed by atoms with E-state index in [4.69, 9.17) is 9.47 Å². The number of hydrogen-bond donors (Lipinski definition) is 1. The number of aromatic nitrogens is 1. The van der Waals surface area contributed by atoms with Gasteiger partial charge in [0.2, 0.25) is 6.30 Å². The van der Waals surface area contributed by atoms with Gasteiger partial charge in [-0.3, -0.25) is 4.79 Å². The van der Waals surface area contributed by atoms with Gasteiger partial charge in [-0.05, 0) is 42.5 Å². The topological polar surface area (TPSA) is 60.7 Å². The highest BCUT2D eigenvalue weighted by Crippen LogP contribution is 2.31. The second-order valence-electron chi connectivity index (χ2n) is 5.96. The Hall–Kier alpha value is -1.03. The van der Waals surface area contributed by atoms with Gasteiger partial charge in [-0.2, -0.15) is 0 Å². The number of hydrogen-bond acceptors (Lipinski definition) is 4. The lowest BCUT2D eigenvalue weighted by atomic mass is 10.1. The van der Waals surface area contributed by atoms with Gasteiger partial charge < -0.3 is 19.1 Å². The van der Waals surface area contributed by atoms with Gasteiger partial charge in [-0.25, -0.2) is 4.39 Å². The van der Waals surface area contributed by atoms with E-state index >= 15 is 0 Å². The molecular formula is C16H17FINO4. The molecule has 23 heavy (non-hydrogen) atoms. The number of benzene rings is 1. The number of carbonyl (C=O) groups is 1. The summed E-state index contributed by atoms with van der Waals surface area (Å²) in [6.07, 6.45) is -3.05. The number of nitrogens with zero attached hydrogens (tertiary/aromatic N) is 1. The number of ketones is 1. The fourth-order valence-corrected chi connectivity index (χ4v) is 3.42. The van der Waals surface area contributed by atoms with Crippen molar-refractivity contribution < 1.29 is 23.8 Å². The van der Waals surface area contributed by atoms with Crippen molar-refractivity contribution in [2.24, 2.45) is 0 Å². The number of ether oxygens (including phenoxy) is 2. The number of fused-ring (bicyclic) bond motifs is 1. The highest BCUT2D eigenvalue weighted by Gasteiger charge is 2.43. The fraction of sp³-hybridized carbons (Fsp3) is 0.438. The molecule has 0 aliphatic carbocycles. The van der Waals surface area contributed by atoms with Crippen molar-refractivity contribution in [1.82, 2.24) is 4.57 Å². The summed E-state index contributed by atoms with van der Waals surface area (Å²) in [7, 11) is 0. The van der Waals surface area contributed by atoms with E-state index in [1.807, 2.05) is 12.1 Å². The first-order chi connectivity index (χ1) is 10.8. The summed E-state index contributed by atoms with van der Waals surface area (Å²) < 4.78 is 27.8. The summed E-state index contributed by atoms with van der Waals surface area (Å²) >= 11 is 2.11. The lowest BCUT2D eigenvalue weighted by Gasteiger charge is -2.37.